The van der Waals surface area contributed by atoms with Gasteiger partial charge >= 0.3 is 0 Å². The van der Waals surface area contributed by atoms with Crippen LogP contribution in [-0.4, -0.2) is 35.4 Å². The van der Waals surface area contributed by atoms with Gasteiger partial charge in [0.2, 0.25) is 0 Å². The van der Waals surface area contributed by atoms with Crippen LogP contribution in [0, 0.1) is 20.8 Å². The summed E-state index contributed by atoms with van der Waals surface area (Å²) in [6.07, 6.45) is 0. The van der Waals surface area contributed by atoms with Crippen LogP contribution < -0.4 is 25.7 Å². The standard InChI is InChI=1S/C25H24N4O5S/c1-13-7-6-8-17(15(13)3)27-24(32)22-21(29-20(30)11-14(2)26-25(29)35-22)23(31)28-18-10-9-16(33-4)12-19(18)34-5/h6-12H,1-5H3,(H,27,32)(H,28,31). The van der Waals surface area contributed by atoms with E-state index in [1.807, 2.05) is 26.0 Å². The number of thiazole rings is 1. The number of carbonyl (C=O) groups excluding carboxylic acids is 2. The number of nitrogens with zero attached hydrogens (tertiary/aromatic N) is 2. The molecule has 0 saturated heterocycles. The fourth-order valence-electron chi connectivity index (χ4n) is 3.59. The van der Waals surface area contributed by atoms with Crippen molar-refractivity contribution in [3.05, 3.63) is 80.2 Å². The number of carbonyl (C=O) groups is 2. The summed E-state index contributed by atoms with van der Waals surface area (Å²) >= 11 is 0.972. The van der Waals surface area contributed by atoms with Crippen LogP contribution in [0.1, 0.15) is 37.0 Å². The van der Waals surface area contributed by atoms with E-state index in [9.17, 15) is 14.4 Å². The van der Waals surface area contributed by atoms with E-state index < -0.39 is 17.4 Å². The van der Waals surface area contributed by atoms with E-state index in [2.05, 4.69) is 15.6 Å². The quantitative estimate of drug-likeness (QED) is 0.417. The Labute approximate surface area is 205 Å². The molecule has 0 atom stereocenters. The molecule has 10 heteroatoms. The Morgan fingerprint density at radius 3 is 2.40 bits per heavy atom. The number of benzene rings is 2. The molecule has 0 bridgehead atoms. The van der Waals surface area contributed by atoms with Crippen molar-refractivity contribution in [2.75, 3.05) is 24.9 Å². The molecule has 4 aromatic rings. The molecule has 2 heterocycles. The van der Waals surface area contributed by atoms with Crippen LogP contribution in [0.4, 0.5) is 11.4 Å². The van der Waals surface area contributed by atoms with Gasteiger partial charge in [0, 0.05) is 23.5 Å². The lowest BCUT2D eigenvalue weighted by Gasteiger charge is -2.13. The fraction of sp³-hybridized carbons (Fsp3) is 0.200. The first-order chi connectivity index (χ1) is 16.7. The van der Waals surface area contributed by atoms with E-state index in [1.165, 1.54) is 20.3 Å². The first-order valence-electron chi connectivity index (χ1n) is 10.7. The van der Waals surface area contributed by atoms with Crippen LogP contribution in [0.5, 0.6) is 11.5 Å². The van der Waals surface area contributed by atoms with Gasteiger partial charge in [-0.25, -0.2) is 9.38 Å². The molecule has 2 aromatic carbocycles. The first-order valence-corrected chi connectivity index (χ1v) is 11.5. The highest BCUT2D eigenvalue weighted by Gasteiger charge is 2.27. The fourth-order valence-corrected chi connectivity index (χ4v) is 4.66. The lowest BCUT2D eigenvalue weighted by molar-refractivity contribution is 0.0989. The van der Waals surface area contributed by atoms with Crippen LogP contribution in [-0.2, 0) is 0 Å². The lowest BCUT2D eigenvalue weighted by Crippen LogP contribution is -2.25. The highest BCUT2D eigenvalue weighted by atomic mass is 32.1. The molecule has 0 radical (unpaired) electrons. The molecule has 0 saturated carbocycles. The molecular weight excluding hydrogens is 468 g/mol. The second-order valence-electron chi connectivity index (χ2n) is 7.86. The van der Waals surface area contributed by atoms with Crippen LogP contribution in [0.2, 0.25) is 0 Å². The van der Waals surface area contributed by atoms with Gasteiger partial charge in [-0.1, -0.05) is 23.5 Å². The Balaban J connectivity index is 1.81. The third-order valence-corrected chi connectivity index (χ3v) is 6.62. The van der Waals surface area contributed by atoms with Gasteiger partial charge in [-0.3, -0.25) is 14.4 Å². The summed E-state index contributed by atoms with van der Waals surface area (Å²) in [5.41, 5.74) is 2.81. The maximum Gasteiger partial charge on any atom is 0.274 e. The molecule has 0 unspecified atom stereocenters. The number of nitrogens with one attached hydrogen (secondary N) is 2. The second kappa shape index (κ2) is 9.59. The largest absolute Gasteiger partial charge is 0.497 e. The molecule has 0 aliphatic heterocycles. The summed E-state index contributed by atoms with van der Waals surface area (Å²) in [5.74, 6) is -0.262. The van der Waals surface area contributed by atoms with Crippen LogP contribution in [0.3, 0.4) is 0 Å². The number of methoxy groups -OCH3 is 2. The van der Waals surface area contributed by atoms with Crippen LogP contribution >= 0.6 is 11.3 Å². The maximum absolute atomic E-state index is 13.5. The molecular formula is C25H24N4O5S. The van der Waals surface area contributed by atoms with Gasteiger partial charge in [0.05, 0.1) is 19.9 Å². The van der Waals surface area contributed by atoms with Crippen LogP contribution in [0.15, 0.2) is 47.3 Å². The van der Waals surface area contributed by atoms with Crippen molar-refractivity contribution in [2.24, 2.45) is 0 Å². The molecule has 0 aliphatic rings. The average Bonchev–Trinajstić information content (AvgIpc) is 3.22. The normalized spacial score (nSPS) is 10.8. The predicted molar refractivity (Wildman–Crippen MR) is 135 cm³/mol. The SMILES string of the molecule is COc1ccc(NC(=O)c2c(C(=O)Nc3cccc(C)c3C)sc3nc(C)cc(=O)n23)c(OC)c1. The monoisotopic (exact) mass is 492 g/mol. The summed E-state index contributed by atoms with van der Waals surface area (Å²) < 4.78 is 11.7. The Kier molecular flexibility index (Phi) is 6.57. The Morgan fingerprint density at radius 1 is 0.943 bits per heavy atom. The van der Waals surface area contributed by atoms with E-state index >= 15 is 0 Å². The number of aromatic nitrogens is 2. The van der Waals surface area contributed by atoms with Crippen molar-refractivity contribution in [2.45, 2.75) is 20.8 Å². The zero-order valence-electron chi connectivity index (χ0n) is 19.9. The van der Waals surface area contributed by atoms with Gasteiger partial charge in [-0.05, 0) is 50.1 Å². The summed E-state index contributed by atoms with van der Waals surface area (Å²) in [4.78, 5) is 44.4. The number of aryl methyl sites for hydroxylation is 2. The van der Waals surface area contributed by atoms with Gasteiger partial charge in [-0.2, -0.15) is 0 Å². The molecule has 4 rings (SSSR count). The molecule has 0 spiro atoms. The average molecular weight is 493 g/mol. The third kappa shape index (κ3) is 4.60. The lowest BCUT2D eigenvalue weighted by atomic mass is 10.1. The van der Waals surface area contributed by atoms with E-state index in [1.54, 1.807) is 31.2 Å². The number of anilines is 2. The minimum atomic E-state index is -0.654. The molecule has 35 heavy (non-hydrogen) atoms. The molecule has 2 aromatic heterocycles. The highest BCUT2D eigenvalue weighted by molar-refractivity contribution is 7.19. The number of hydrogen-bond donors (Lipinski definition) is 2. The van der Waals surface area contributed by atoms with E-state index in [0.717, 1.165) is 26.9 Å². The van der Waals surface area contributed by atoms with Gasteiger partial charge in [0.25, 0.3) is 17.4 Å². The predicted octanol–water partition coefficient (Wildman–Crippen LogP) is 4.20. The molecule has 0 aliphatic carbocycles. The molecule has 2 N–H and O–H groups in total. The zero-order chi connectivity index (χ0) is 25.3. The van der Waals surface area contributed by atoms with Gasteiger partial charge in [0.1, 0.15) is 22.1 Å². The number of rotatable bonds is 6. The maximum atomic E-state index is 13.5. The van der Waals surface area contributed by atoms with E-state index in [0.29, 0.717) is 28.6 Å². The second-order valence-corrected chi connectivity index (χ2v) is 8.83. The van der Waals surface area contributed by atoms with Gasteiger partial charge in [-0.15, -0.1) is 0 Å². The number of hydrogen-bond acceptors (Lipinski definition) is 7. The number of ether oxygens (including phenoxy) is 2. The molecule has 2 amide bonds. The summed E-state index contributed by atoms with van der Waals surface area (Å²) in [6, 6.07) is 11.8. The smallest absolute Gasteiger partial charge is 0.274 e. The van der Waals surface area contributed by atoms with Gasteiger partial charge < -0.3 is 20.1 Å². The Hall–Kier alpha value is -4.18. The summed E-state index contributed by atoms with van der Waals surface area (Å²) in [7, 11) is 2.98. The molecule has 180 valence electrons. The van der Waals surface area contributed by atoms with Crippen molar-refractivity contribution in [3.8, 4) is 11.5 Å². The van der Waals surface area contributed by atoms with Gasteiger partial charge in [0.15, 0.2) is 4.96 Å². The van der Waals surface area contributed by atoms with Crippen molar-refractivity contribution in [1.82, 2.24) is 9.38 Å². The van der Waals surface area contributed by atoms with Crippen molar-refractivity contribution in [3.63, 3.8) is 0 Å². The van der Waals surface area contributed by atoms with Crippen molar-refractivity contribution >= 4 is 39.5 Å². The van der Waals surface area contributed by atoms with Crippen LogP contribution in [0.25, 0.3) is 4.96 Å². The molecule has 0 fully saturated rings. The minimum absolute atomic E-state index is 0.0612. The van der Waals surface area contributed by atoms with E-state index in [4.69, 9.17) is 9.47 Å². The van der Waals surface area contributed by atoms with Crippen molar-refractivity contribution < 1.29 is 19.1 Å². The first kappa shape index (κ1) is 24.0. The third-order valence-electron chi connectivity index (χ3n) is 5.58. The minimum Gasteiger partial charge on any atom is -0.497 e. The zero-order valence-corrected chi connectivity index (χ0v) is 20.7. The number of fused-ring (bicyclic) bond motifs is 1. The Bertz CT molecular complexity index is 1520. The summed E-state index contributed by atoms with van der Waals surface area (Å²) in [5, 5.41) is 5.61. The topological polar surface area (TPSA) is 111 Å². The summed E-state index contributed by atoms with van der Waals surface area (Å²) in [6.45, 7) is 5.52. The van der Waals surface area contributed by atoms with E-state index in [-0.39, 0.29) is 15.5 Å². The number of amides is 2. The Morgan fingerprint density at radius 2 is 1.69 bits per heavy atom. The highest BCUT2D eigenvalue weighted by Crippen LogP contribution is 2.31. The molecule has 9 nitrogen and oxygen atoms in total. The van der Waals surface area contributed by atoms with Crippen molar-refractivity contribution in [1.29, 1.82) is 0 Å².